The summed E-state index contributed by atoms with van der Waals surface area (Å²) in [6.07, 6.45) is 0. The Morgan fingerprint density at radius 1 is 1.27 bits per heavy atom. The van der Waals surface area contributed by atoms with Gasteiger partial charge >= 0.3 is 11.7 Å². The van der Waals surface area contributed by atoms with E-state index in [0.717, 1.165) is 5.56 Å². The summed E-state index contributed by atoms with van der Waals surface area (Å²) >= 11 is 1.36. The number of hydrogen-bond donors (Lipinski definition) is 1. The van der Waals surface area contributed by atoms with Gasteiger partial charge in [0.1, 0.15) is 10.6 Å². The van der Waals surface area contributed by atoms with E-state index in [1.807, 2.05) is 31.2 Å². The molecule has 0 spiro atoms. The van der Waals surface area contributed by atoms with Crippen LogP contribution in [0.5, 0.6) is 0 Å². The number of carbonyl (C=O) groups is 1. The van der Waals surface area contributed by atoms with Crippen LogP contribution in [0.15, 0.2) is 34.1 Å². The first-order chi connectivity index (χ1) is 10.5. The second kappa shape index (κ2) is 7.26. The van der Waals surface area contributed by atoms with E-state index in [4.69, 9.17) is 4.74 Å². The molecule has 0 saturated heterocycles. The number of aromatic amines is 1. The number of benzene rings is 1. The third kappa shape index (κ3) is 3.98. The summed E-state index contributed by atoms with van der Waals surface area (Å²) in [7, 11) is 0. The maximum Gasteiger partial charge on any atom is 0.346 e. The topological polar surface area (TPSA) is 72.0 Å². The smallest absolute Gasteiger partial charge is 0.346 e. The van der Waals surface area contributed by atoms with E-state index in [-0.39, 0.29) is 6.61 Å². The molecule has 0 atom stereocenters. The summed E-state index contributed by atoms with van der Waals surface area (Å²) in [5.74, 6) is 0.165. The van der Waals surface area contributed by atoms with Crippen LogP contribution in [-0.4, -0.2) is 22.5 Å². The van der Waals surface area contributed by atoms with Crippen LogP contribution in [0, 0.1) is 13.8 Å². The SMILES string of the molecule is CCOC(=O)c1c(SCc2ccc(C)cc2)nc(=O)[nH]c1C. The summed E-state index contributed by atoms with van der Waals surface area (Å²) in [5, 5.41) is 0.403. The van der Waals surface area contributed by atoms with Crippen LogP contribution in [0.3, 0.4) is 0 Å². The van der Waals surface area contributed by atoms with Crippen molar-refractivity contribution in [3.8, 4) is 0 Å². The Kier molecular flexibility index (Phi) is 5.38. The number of ether oxygens (including phenoxy) is 1. The summed E-state index contributed by atoms with van der Waals surface area (Å²) in [4.78, 5) is 30.1. The predicted octanol–water partition coefficient (Wildman–Crippen LogP) is 2.86. The zero-order chi connectivity index (χ0) is 16.1. The van der Waals surface area contributed by atoms with Crippen molar-refractivity contribution in [3.63, 3.8) is 0 Å². The van der Waals surface area contributed by atoms with Gasteiger partial charge < -0.3 is 9.72 Å². The van der Waals surface area contributed by atoms with Gasteiger partial charge in [0.15, 0.2) is 0 Å². The molecule has 0 bridgehead atoms. The van der Waals surface area contributed by atoms with E-state index >= 15 is 0 Å². The molecule has 0 aliphatic carbocycles. The van der Waals surface area contributed by atoms with E-state index in [1.165, 1.54) is 17.3 Å². The third-order valence-corrected chi connectivity index (χ3v) is 4.11. The van der Waals surface area contributed by atoms with Crippen molar-refractivity contribution in [1.82, 2.24) is 9.97 Å². The first-order valence-electron chi connectivity index (χ1n) is 6.97. The number of aromatic nitrogens is 2. The highest BCUT2D eigenvalue weighted by atomic mass is 32.2. The van der Waals surface area contributed by atoms with Crippen LogP contribution in [0.2, 0.25) is 0 Å². The maximum absolute atomic E-state index is 12.1. The number of rotatable bonds is 5. The van der Waals surface area contributed by atoms with E-state index in [2.05, 4.69) is 9.97 Å². The molecule has 0 aliphatic rings. The molecular formula is C16H18N2O3S. The van der Waals surface area contributed by atoms with Gasteiger partial charge in [-0.15, -0.1) is 11.8 Å². The van der Waals surface area contributed by atoms with Gasteiger partial charge in [-0.05, 0) is 26.3 Å². The minimum atomic E-state index is -0.463. The highest BCUT2D eigenvalue weighted by molar-refractivity contribution is 7.98. The fourth-order valence-corrected chi connectivity index (χ4v) is 2.97. The number of aryl methyl sites for hydroxylation is 2. The number of nitrogens with zero attached hydrogens (tertiary/aromatic N) is 1. The van der Waals surface area contributed by atoms with E-state index in [0.29, 0.717) is 22.0 Å². The Balaban J connectivity index is 2.27. The molecule has 1 heterocycles. The Hall–Kier alpha value is -2.08. The summed E-state index contributed by atoms with van der Waals surface area (Å²) in [6, 6.07) is 8.09. The Labute approximate surface area is 133 Å². The molecule has 1 aromatic heterocycles. The van der Waals surface area contributed by atoms with Gasteiger partial charge in [0.25, 0.3) is 0 Å². The zero-order valence-electron chi connectivity index (χ0n) is 12.8. The first-order valence-corrected chi connectivity index (χ1v) is 7.96. The Bertz CT molecular complexity index is 723. The van der Waals surface area contributed by atoms with E-state index in [9.17, 15) is 9.59 Å². The van der Waals surface area contributed by atoms with Crippen molar-refractivity contribution in [2.75, 3.05) is 6.61 Å². The van der Waals surface area contributed by atoms with Gasteiger partial charge in [-0.2, -0.15) is 4.98 Å². The van der Waals surface area contributed by atoms with Gasteiger partial charge in [0.2, 0.25) is 0 Å². The third-order valence-electron chi connectivity index (χ3n) is 3.06. The molecule has 0 aliphatic heterocycles. The molecule has 6 heteroatoms. The van der Waals surface area contributed by atoms with E-state index < -0.39 is 11.7 Å². The fourth-order valence-electron chi connectivity index (χ4n) is 1.94. The second-order valence-electron chi connectivity index (χ2n) is 4.84. The lowest BCUT2D eigenvalue weighted by molar-refractivity contribution is 0.0519. The minimum Gasteiger partial charge on any atom is -0.462 e. The monoisotopic (exact) mass is 318 g/mol. The van der Waals surface area contributed by atoms with Gasteiger partial charge in [-0.1, -0.05) is 29.8 Å². The molecule has 116 valence electrons. The van der Waals surface area contributed by atoms with Crippen LogP contribution >= 0.6 is 11.8 Å². The molecule has 0 amide bonds. The van der Waals surface area contributed by atoms with E-state index in [1.54, 1.807) is 13.8 Å². The summed E-state index contributed by atoms with van der Waals surface area (Å²) in [5.41, 5.74) is 2.64. The normalized spacial score (nSPS) is 10.5. The van der Waals surface area contributed by atoms with Crippen molar-refractivity contribution in [1.29, 1.82) is 0 Å². The molecule has 1 N–H and O–H groups in total. The minimum absolute atomic E-state index is 0.277. The molecule has 2 aromatic rings. The highest BCUT2D eigenvalue weighted by Gasteiger charge is 2.19. The average molecular weight is 318 g/mol. The van der Waals surface area contributed by atoms with Gasteiger partial charge in [0, 0.05) is 11.4 Å². The molecule has 0 saturated carbocycles. The van der Waals surface area contributed by atoms with Crippen LogP contribution in [0.4, 0.5) is 0 Å². The molecule has 0 radical (unpaired) electrons. The van der Waals surface area contributed by atoms with Crippen LogP contribution < -0.4 is 5.69 Å². The van der Waals surface area contributed by atoms with Crippen molar-refractivity contribution in [2.24, 2.45) is 0 Å². The number of hydrogen-bond acceptors (Lipinski definition) is 5. The standard InChI is InChI=1S/C16H18N2O3S/c1-4-21-15(19)13-11(3)17-16(20)18-14(13)22-9-12-7-5-10(2)6-8-12/h5-8H,4,9H2,1-3H3,(H,17,18,20). The van der Waals surface area contributed by atoms with Gasteiger partial charge in [-0.3, -0.25) is 0 Å². The molecule has 1 aromatic carbocycles. The van der Waals surface area contributed by atoms with Crippen LogP contribution in [0.25, 0.3) is 0 Å². The lowest BCUT2D eigenvalue weighted by atomic mass is 10.2. The predicted molar refractivity (Wildman–Crippen MR) is 86.3 cm³/mol. The summed E-state index contributed by atoms with van der Waals surface area (Å²) in [6.45, 7) is 5.72. The number of esters is 1. The van der Waals surface area contributed by atoms with Crippen molar-refractivity contribution in [2.45, 2.75) is 31.6 Å². The molecular weight excluding hydrogens is 300 g/mol. The maximum atomic E-state index is 12.1. The molecule has 0 fully saturated rings. The number of thioether (sulfide) groups is 1. The average Bonchev–Trinajstić information content (AvgIpc) is 2.46. The van der Waals surface area contributed by atoms with Crippen LogP contribution in [-0.2, 0) is 10.5 Å². The van der Waals surface area contributed by atoms with Gasteiger partial charge in [0.05, 0.1) is 6.61 Å². The quantitative estimate of drug-likeness (QED) is 0.521. The Morgan fingerprint density at radius 3 is 2.59 bits per heavy atom. The number of H-pyrrole nitrogens is 1. The number of nitrogens with one attached hydrogen (secondary N) is 1. The molecule has 2 rings (SSSR count). The van der Waals surface area contributed by atoms with Crippen molar-refractivity contribution >= 4 is 17.7 Å². The lowest BCUT2D eigenvalue weighted by Crippen LogP contribution is -2.19. The number of carbonyl (C=O) groups excluding carboxylic acids is 1. The molecule has 5 nitrogen and oxygen atoms in total. The van der Waals surface area contributed by atoms with Gasteiger partial charge in [-0.25, -0.2) is 9.59 Å². The van der Waals surface area contributed by atoms with Crippen molar-refractivity contribution < 1.29 is 9.53 Å². The second-order valence-corrected chi connectivity index (χ2v) is 5.81. The largest absolute Gasteiger partial charge is 0.462 e. The Morgan fingerprint density at radius 2 is 1.95 bits per heavy atom. The van der Waals surface area contributed by atoms with Crippen LogP contribution in [0.1, 0.15) is 34.1 Å². The summed E-state index contributed by atoms with van der Waals surface area (Å²) < 4.78 is 5.04. The fraction of sp³-hybridized carbons (Fsp3) is 0.312. The lowest BCUT2D eigenvalue weighted by Gasteiger charge is -2.10. The van der Waals surface area contributed by atoms with Crippen molar-refractivity contribution in [3.05, 3.63) is 57.1 Å². The molecule has 22 heavy (non-hydrogen) atoms. The zero-order valence-corrected chi connectivity index (χ0v) is 13.6. The molecule has 0 unspecified atom stereocenters. The first kappa shape index (κ1) is 16.3. The highest BCUT2D eigenvalue weighted by Crippen LogP contribution is 2.25.